The van der Waals surface area contributed by atoms with Gasteiger partial charge in [0, 0.05) is 31.2 Å². The maximum Gasteiger partial charge on any atom is 0.240 e. The highest BCUT2D eigenvalue weighted by Gasteiger charge is 2.16. The molecule has 0 unspecified atom stereocenters. The predicted octanol–water partition coefficient (Wildman–Crippen LogP) is 0.0534. The number of amides is 1. The summed E-state index contributed by atoms with van der Waals surface area (Å²) in [7, 11) is 0. The highest BCUT2D eigenvalue weighted by atomic mass is 16.2. The maximum absolute atomic E-state index is 11.6. The molecule has 0 aliphatic carbocycles. The van der Waals surface area contributed by atoms with Crippen molar-refractivity contribution in [3.8, 4) is 0 Å². The molecule has 5 nitrogen and oxygen atoms in total. The second-order valence-electron chi connectivity index (χ2n) is 4.41. The van der Waals surface area contributed by atoms with Crippen LogP contribution in [0.25, 0.3) is 0 Å². The van der Waals surface area contributed by atoms with E-state index in [2.05, 4.69) is 15.6 Å². The number of carbonyl (C=O) groups is 1. The quantitative estimate of drug-likeness (QED) is 0.760. The van der Waals surface area contributed by atoms with Crippen molar-refractivity contribution in [2.24, 2.45) is 0 Å². The second kappa shape index (κ2) is 4.65. The average molecular weight is 222 g/mol. The molecule has 0 aromatic carbocycles. The van der Waals surface area contributed by atoms with E-state index >= 15 is 0 Å². The van der Waals surface area contributed by atoms with Gasteiger partial charge in [-0.1, -0.05) is 0 Å². The van der Waals surface area contributed by atoms with Crippen LogP contribution in [-0.4, -0.2) is 28.0 Å². The number of imidazole rings is 1. The van der Waals surface area contributed by atoms with Gasteiger partial charge in [-0.2, -0.15) is 0 Å². The molecular weight excluding hydrogens is 204 g/mol. The highest BCUT2D eigenvalue weighted by molar-refractivity contribution is 5.76. The highest BCUT2D eigenvalue weighted by Crippen LogP contribution is 2.11. The molecular formula is C11H18N4O. The molecule has 0 bridgehead atoms. The molecule has 16 heavy (non-hydrogen) atoms. The van der Waals surface area contributed by atoms with Gasteiger partial charge in [0.15, 0.2) is 0 Å². The van der Waals surface area contributed by atoms with Crippen LogP contribution in [-0.2, 0) is 24.3 Å². The summed E-state index contributed by atoms with van der Waals surface area (Å²) in [5.74, 6) is 0.0498. The lowest BCUT2D eigenvalue weighted by Gasteiger charge is -2.15. The molecule has 0 fully saturated rings. The zero-order valence-electron chi connectivity index (χ0n) is 9.79. The molecule has 1 aliphatic heterocycles. The first-order chi connectivity index (χ1) is 7.66. The lowest BCUT2D eigenvalue weighted by Crippen LogP contribution is -2.34. The summed E-state index contributed by atoms with van der Waals surface area (Å²) in [6.07, 6.45) is 2.71. The van der Waals surface area contributed by atoms with Crippen molar-refractivity contribution < 1.29 is 4.79 Å². The molecule has 88 valence electrons. The lowest BCUT2D eigenvalue weighted by atomic mass is 10.2. The number of rotatable bonds is 3. The van der Waals surface area contributed by atoms with E-state index in [0.717, 1.165) is 25.2 Å². The lowest BCUT2D eigenvalue weighted by molar-refractivity contribution is -0.122. The number of aromatic nitrogens is 2. The van der Waals surface area contributed by atoms with Crippen LogP contribution in [0.15, 0.2) is 6.33 Å². The van der Waals surface area contributed by atoms with Gasteiger partial charge in [0.2, 0.25) is 5.91 Å². The topological polar surface area (TPSA) is 59.0 Å². The number of nitrogens with zero attached hydrogens (tertiary/aromatic N) is 2. The van der Waals surface area contributed by atoms with Crippen molar-refractivity contribution in [2.75, 3.05) is 6.54 Å². The first-order valence-electron chi connectivity index (χ1n) is 5.70. The Morgan fingerprint density at radius 1 is 1.69 bits per heavy atom. The molecule has 1 amide bonds. The molecule has 0 spiro atoms. The van der Waals surface area contributed by atoms with E-state index in [4.69, 9.17) is 0 Å². The molecule has 2 N–H and O–H groups in total. The smallest absolute Gasteiger partial charge is 0.240 e. The molecule has 5 heteroatoms. The van der Waals surface area contributed by atoms with Crippen LogP contribution in [0.2, 0.25) is 0 Å². The molecule has 1 aromatic rings. The van der Waals surface area contributed by atoms with Crippen LogP contribution in [0.5, 0.6) is 0 Å². The Labute approximate surface area is 95.2 Å². The average Bonchev–Trinajstić information content (AvgIpc) is 2.61. The van der Waals surface area contributed by atoms with Gasteiger partial charge < -0.3 is 15.2 Å². The molecule has 1 aromatic heterocycles. The van der Waals surface area contributed by atoms with Crippen LogP contribution in [0, 0.1) is 0 Å². The summed E-state index contributed by atoms with van der Waals surface area (Å²) in [6.45, 7) is 6.08. The minimum Gasteiger partial charge on any atom is -0.352 e. The minimum atomic E-state index is 0.0498. The van der Waals surface area contributed by atoms with E-state index in [1.165, 1.54) is 5.69 Å². The van der Waals surface area contributed by atoms with E-state index in [1.54, 1.807) is 6.33 Å². The number of hydrogen-bond donors (Lipinski definition) is 2. The largest absolute Gasteiger partial charge is 0.352 e. The van der Waals surface area contributed by atoms with Gasteiger partial charge in [-0.15, -0.1) is 0 Å². The summed E-state index contributed by atoms with van der Waals surface area (Å²) in [5.41, 5.74) is 2.27. The van der Waals surface area contributed by atoms with E-state index < -0.39 is 0 Å². The minimum absolute atomic E-state index is 0.0498. The van der Waals surface area contributed by atoms with Gasteiger partial charge in [-0.3, -0.25) is 4.79 Å². The first-order valence-corrected chi connectivity index (χ1v) is 5.70. The van der Waals surface area contributed by atoms with Gasteiger partial charge in [-0.05, 0) is 13.8 Å². The van der Waals surface area contributed by atoms with E-state index in [-0.39, 0.29) is 11.9 Å². The number of nitrogens with one attached hydrogen (secondary N) is 2. The third-order valence-electron chi connectivity index (χ3n) is 2.63. The molecule has 2 rings (SSSR count). The fraction of sp³-hybridized carbons (Fsp3) is 0.636. The Kier molecular flexibility index (Phi) is 3.24. The third kappa shape index (κ3) is 2.41. The monoisotopic (exact) mass is 222 g/mol. The number of hydrogen-bond acceptors (Lipinski definition) is 3. The van der Waals surface area contributed by atoms with Gasteiger partial charge in [0.1, 0.15) is 6.54 Å². The molecule has 0 saturated heterocycles. The summed E-state index contributed by atoms with van der Waals surface area (Å²) in [5, 5.41) is 6.15. The Morgan fingerprint density at radius 2 is 2.50 bits per heavy atom. The fourth-order valence-electron chi connectivity index (χ4n) is 1.96. The normalized spacial score (nSPS) is 14.9. The van der Waals surface area contributed by atoms with Crippen molar-refractivity contribution in [1.29, 1.82) is 0 Å². The zero-order valence-corrected chi connectivity index (χ0v) is 9.79. The maximum atomic E-state index is 11.6. The van der Waals surface area contributed by atoms with Crippen molar-refractivity contribution in [2.45, 2.75) is 39.4 Å². The first kappa shape index (κ1) is 11.1. The van der Waals surface area contributed by atoms with Gasteiger partial charge in [0.05, 0.1) is 12.0 Å². The van der Waals surface area contributed by atoms with E-state index in [1.807, 2.05) is 18.4 Å². The summed E-state index contributed by atoms with van der Waals surface area (Å²) >= 11 is 0. The van der Waals surface area contributed by atoms with Crippen LogP contribution < -0.4 is 10.6 Å². The van der Waals surface area contributed by atoms with Crippen molar-refractivity contribution in [3.05, 3.63) is 17.7 Å². The van der Waals surface area contributed by atoms with Crippen molar-refractivity contribution in [1.82, 2.24) is 20.2 Å². The molecule has 1 aliphatic rings. The van der Waals surface area contributed by atoms with E-state index in [9.17, 15) is 4.79 Å². The summed E-state index contributed by atoms with van der Waals surface area (Å²) in [6, 6.07) is 0.188. The van der Waals surface area contributed by atoms with Crippen LogP contribution in [0.4, 0.5) is 0 Å². The van der Waals surface area contributed by atoms with Crippen LogP contribution in [0.1, 0.15) is 25.2 Å². The van der Waals surface area contributed by atoms with Gasteiger partial charge in [-0.25, -0.2) is 4.98 Å². The third-order valence-corrected chi connectivity index (χ3v) is 2.63. The van der Waals surface area contributed by atoms with Crippen molar-refractivity contribution >= 4 is 5.91 Å². The predicted molar refractivity (Wildman–Crippen MR) is 60.9 cm³/mol. The van der Waals surface area contributed by atoms with Gasteiger partial charge in [0.25, 0.3) is 0 Å². The number of fused-ring (bicyclic) bond motifs is 1. The second-order valence-corrected chi connectivity index (χ2v) is 4.41. The fourth-order valence-corrected chi connectivity index (χ4v) is 1.96. The number of carbonyl (C=O) groups excluding carboxylic acids is 1. The van der Waals surface area contributed by atoms with E-state index in [0.29, 0.717) is 6.54 Å². The Hall–Kier alpha value is -1.36. The Bertz CT molecular complexity index is 383. The molecule has 0 radical (unpaired) electrons. The zero-order chi connectivity index (χ0) is 11.5. The molecule has 2 heterocycles. The Balaban J connectivity index is 2.04. The van der Waals surface area contributed by atoms with Crippen LogP contribution >= 0.6 is 0 Å². The van der Waals surface area contributed by atoms with Gasteiger partial charge >= 0.3 is 0 Å². The summed E-state index contributed by atoms with van der Waals surface area (Å²) < 4.78 is 1.95. The Morgan fingerprint density at radius 3 is 3.25 bits per heavy atom. The standard InChI is InChI=1S/C11H18N4O/c1-8(2)14-11(16)6-15-7-13-9-5-12-4-3-10(9)15/h7-8,12H,3-6H2,1-2H3,(H,14,16). The molecule has 0 atom stereocenters. The SMILES string of the molecule is CC(C)NC(=O)Cn1cnc2c1CCNC2. The van der Waals surface area contributed by atoms with Crippen LogP contribution in [0.3, 0.4) is 0 Å². The summed E-state index contributed by atoms with van der Waals surface area (Å²) in [4.78, 5) is 15.9. The molecule has 0 saturated carbocycles. The van der Waals surface area contributed by atoms with Crippen molar-refractivity contribution in [3.63, 3.8) is 0 Å².